The minimum absolute atomic E-state index is 0.0725. The summed E-state index contributed by atoms with van der Waals surface area (Å²) in [6.07, 6.45) is 0. The minimum atomic E-state index is -0.0725. The standard InChI is InChI=1S/C19H19ClN4OS/c1-2-21-18-15-8-3-4-9-16(15)23-19(24-18)26-12-17(25)22-11-13-6-5-7-14(20)10-13/h3-10H,2,11-12H2,1H3,(H,22,25)(H,21,23,24). The summed E-state index contributed by atoms with van der Waals surface area (Å²) < 4.78 is 0. The lowest BCUT2D eigenvalue weighted by Crippen LogP contribution is -2.24. The first-order valence-electron chi connectivity index (χ1n) is 8.30. The Morgan fingerprint density at radius 3 is 2.81 bits per heavy atom. The van der Waals surface area contributed by atoms with Crippen LogP contribution in [0.15, 0.2) is 53.7 Å². The third-order valence-electron chi connectivity index (χ3n) is 3.64. The summed E-state index contributed by atoms with van der Waals surface area (Å²) in [6, 6.07) is 15.3. The van der Waals surface area contributed by atoms with Crippen LogP contribution in [-0.4, -0.2) is 28.2 Å². The van der Waals surface area contributed by atoms with Crippen LogP contribution in [0.3, 0.4) is 0 Å². The molecule has 0 unspecified atom stereocenters. The topological polar surface area (TPSA) is 66.9 Å². The van der Waals surface area contributed by atoms with Gasteiger partial charge in [-0.1, -0.05) is 47.6 Å². The van der Waals surface area contributed by atoms with Crippen LogP contribution in [0.4, 0.5) is 5.82 Å². The highest BCUT2D eigenvalue weighted by molar-refractivity contribution is 7.99. The maximum atomic E-state index is 12.1. The molecule has 0 aliphatic heterocycles. The molecular weight excluding hydrogens is 368 g/mol. The molecule has 1 heterocycles. The number of hydrogen-bond acceptors (Lipinski definition) is 5. The van der Waals surface area contributed by atoms with Crippen molar-refractivity contribution in [2.45, 2.75) is 18.6 Å². The Hall–Kier alpha value is -2.31. The van der Waals surface area contributed by atoms with Gasteiger partial charge in [0.15, 0.2) is 5.16 Å². The van der Waals surface area contributed by atoms with Crippen molar-refractivity contribution in [3.63, 3.8) is 0 Å². The number of thioether (sulfide) groups is 1. The summed E-state index contributed by atoms with van der Waals surface area (Å²) in [7, 11) is 0. The number of hydrogen-bond donors (Lipinski definition) is 2. The van der Waals surface area contributed by atoms with Crippen molar-refractivity contribution in [3.05, 3.63) is 59.1 Å². The van der Waals surface area contributed by atoms with Gasteiger partial charge in [-0.05, 0) is 36.8 Å². The molecule has 2 aromatic carbocycles. The molecule has 0 saturated carbocycles. The summed E-state index contributed by atoms with van der Waals surface area (Å²) in [5.74, 6) is 0.974. The van der Waals surface area contributed by atoms with Gasteiger partial charge in [-0.2, -0.15) is 0 Å². The number of halogens is 1. The summed E-state index contributed by atoms with van der Waals surface area (Å²) in [5, 5.41) is 8.35. The van der Waals surface area contributed by atoms with Crippen LogP contribution in [0.25, 0.3) is 10.9 Å². The van der Waals surface area contributed by atoms with E-state index in [4.69, 9.17) is 11.6 Å². The second-order valence-corrected chi connectivity index (χ2v) is 6.98. The minimum Gasteiger partial charge on any atom is -0.370 e. The van der Waals surface area contributed by atoms with Crippen LogP contribution >= 0.6 is 23.4 Å². The zero-order valence-electron chi connectivity index (χ0n) is 14.3. The highest BCUT2D eigenvalue weighted by Gasteiger charge is 2.09. The molecule has 0 aliphatic carbocycles. The molecule has 1 amide bonds. The summed E-state index contributed by atoms with van der Waals surface area (Å²) in [6.45, 7) is 3.24. The van der Waals surface area contributed by atoms with Gasteiger partial charge in [-0.3, -0.25) is 4.79 Å². The van der Waals surface area contributed by atoms with E-state index in [1.54, 1.807) is 0 Å². The number of carbonyl (C=O) groups excluding carboxylic acids is 1. The van der Waals surface area contributed by atoms with Crippen molar-refractivity contribution in [2.24, 2.45) is 0 Å². The Morgan fingerprint density at radius 1 is 1.15 bits per heavy atom. The molecule has 7 heteroatoms. The molecule has 0 radical (unpaired) electrons. The Bertz CT molecular complexity index is 919. The van der Waals surface area contributed by atoms with Crippen LogP contribution in [0.1, 0.15) is 12.5 Å². The van der Waals surface area contributed by atoms with Gasteiger partial charge >= 0.3 is 0 Å². The lowest BCUT2D eigenvalue weighted by molar-refractivity contribution is -0.118. The zero-order chi connectivity index (χ0) is 18.4. The molecule has 0 fully saturated rings. The molecule has 5 nitrogen and oxygen atoms in total. The lowest BCUT2D eigenvalue weighted by Gasteiger charge is -2.09. The highest BCUT2D eigenvalue weighted by Crippen LogP contribution is 2.24. The molecule has 1 aromatic heterocycles. The molecule has 0 aliphatic rings. The van der Waals surface area contributed by atoms with E-state index in [1.807, 2.05) is 55.5 Å². The fraction of sp³-hybridized carbons (Fsp3) is 0.211. The molecular formula is C19H19ClN4OS. The summed E-state index contributed by atoms with van der Waals surface area (Å²) in [5.41, 5.74) is 1.83. The maximum Gasteiger partial charge on any atom is 0.230 e. The number of amides is 1. The van der Waals surface area contributed by atoms with Gasteiger partial charge in [-0.15, -0.1) is 0 Å². The zero-order valence-corrected chi connectivity index (χ0v) is 15.9. The van der Waals surface area contributed by atoms with E-state index in [-0.39, 0.29) is 11.7 Å². The Morgan fingerprint density at radius 2 is 2.00 bits per heavy atom. The highest BCUT2D eigenvalue weighted by atomic mass is 35.5. The van der Waals surface area contributed by atoms with Crippen molar-refractivity contribution < 1.29 is 4.79 Å². The van der Waals surface area contributed by atoms with Crippen molar-refractivity contribution in [3.8, 4) is 0 Å². The van der Waals surface area contributed by atoms with E-state index in [2.05, 4.69) is 20.6 Å². The van der Waals surface area contributed by atoms with Gasteiger partial charge in [0, 0.05) is 23.5 Å². The Balaban J connectivity index is 1.62. The normalized spacial score (nSPS) is 10.7. The Kier molecular flexibility index (Phi) is 6.30. The number of aromatic nitrogens is 2. The van der Waals surface area contributed by atoms with Gasteiger partial charge in [0.25, 0.3) is 0 Å². The summed E-state index contributed by atoms with van der Waals surface area (Å²) >= 11 is 7.27. The van der Waals surface area contributed by atoms with Gasteiger partial charge in [0.1, 0.15) is 5.82 Å². The number of para-hydroxylation sites is 1. The van der Waals surface area contributed by atoms with Crippen LogP contribution < -0.4 is 10.6 Å². The number of anilines is 1. The smallest absolute Gasteiger partial charge is 0.230 e. The predicted molar refractivity (Wildman–Crippen MR) is 108 cm³/mol. The molecule has 26 heavy (non-hydrogen) atoms. The van der Waals surface area contributed by atoms with E-state index in [9.17, 15) is 4.79 Å². The third kappa shape index (κ3) is 4.86. The van der Waals surface area contributed by atoms with Crippen LogP contribution in [0.5, 0.6) is 0 Å². The van der Waals surface area contributed by atoms with Gasteiger partial charge in [0.2, 0.25) is 5.91 Å². The fourth-order valence-electron chi connectivity index (χ4n) is 2.45. The molecule has 134 valence electrons. The first kappa shape index (κ1) is 18.5. The molecule has 0 atom stereocenters. The van der Waals surface area contributed by atoms with E-state index in [0.29, 0.717) is 16.7 Å². The van der Waals surface area contributed by atoms with Gasteiger partial charge in [0.05, 0.1) is 11.3 Å². The fourth-order valence-corrected chi connectivity index (χ4v) is 3.34. The number of nitrogens with one attached hydrogen (secondary N) is 2. The molecule has 3 aromatic rings. The first-order chi connectivity index (χ1) is 12.7. The van der Waals surface area contributed by atoms with Gasteiger partial charge in [-0.25, -0.2) is 9.97 Å². The quantitative estimate of drug-likeness (QED) is 0.472. The van der Waals surface area contributed by atoms with Gasteiger partial charge < -0.3 is 10.6 Å². The second kappa shape index (κ2) is 8.87. The molecule has 0 bridgehead atoms. The van der Waals surface area contributed by atoms with E-state index in [1.165, 1.54) is 11.8 Å². The van der Waals surface area contributed by atoms with E-state index >= 15 is 0 Å². The van der Waals surface area contributed by atoms with Crippen molar-refractivity contribution >= 4 is 46.0 Å². The third-order valence-corrected chi connectivity index (χ3v) is 4.72. The monoisotopic (exact) mass is 386 g/mol. The number of rotatable bonds is 7. The summed E-state index contributed by atoms with van der Waals surface area (Å²) in [4.78, 5) is 21.2. The molecule has 3 rings (SSSR count). The average Bonchev–Trinajstić information content (AvgIpc) is 2.65. The van der Waals surface area contributed by atoms with Crippen molar-refractivity contribution in [1.82, 2.24) is 15.3 Å². The second-order valence-electron chi connectivity index (χ2n) is 5.60. The molecule has 0 saturated heterocycles. The average molecular weight is 387 g/mol. The number of benzene rings is 2. The first-order valence-corrected chi connectivity index (χ1v) is 9.66. The number of carbonyl (C=O) groups is 1. The molecule has 0 spiro atoms. The van der Waals surface area contributed by atoms with Crippen LogP contribution in [0, 0.1) is 0 Å². The predicted octanol–water partition coefficient (Wildman–Crippen LogP) is 4.12. The van der Waals surface area contributed by atoms with Crippen molar-refractivity contribution in [2.75, 3.05) is 17.6 Å². The van der Waals surface area contributed by atoms with E-state index < -0.39 is 0 Å². The SMILES string of the molecule is CCNc1nc(SCC(=O)NCc2cccc(Cl)c2)nc2ccccc12. The maximum absolute atomic E-state index is 12.1. The number of nitrogens with zero attached hydrogens (tertiary/aromatic N) is 2. The van der Waals surface area contributed by atoms with Crippen molar-refractivity contribution in [1.29, 1.82) is 0 Å². The van der Waals surface area contributed by atoms with E-state index in [0.717, 1.165) is 28.8 Å². The Labute approximate surface area is 161 Å². The van der Waals surface area contributed by atoms with Crippen LogP contribution in [-0.2, 0) is 11.3 Å². The van der Waals surface area contributed by atoms with Crippen LogP contribution in [0.2, 0.25) is 5.02 Å². The molecule has 2 N–H and O–H groups in total. The lowest BCUT2D eigenvalue weighted by atomic mass is 10.2. The number of fused-ring (bicyclic) bond motifs is 1. The largest absolute Gasteiger partial charge is 0.370 e.